The summed E-state index contributed by atoms with van der Waals surface area (Å²) in [7, 11) is 1.61. The molecule has 4 aromatic heterocycles. The summed E-state index contributed by atoms with van der Waals surface area (Å²) < 4.78 is 9.47. The third-order valence-electron chi connectivity index (χ3n) is 6.49. The molecule has 1 atom stereocenters. The molecule has 5 heterocycles. The lowest BCUT2D eigenvalue weighted by Crippen LogP contribution is -2.18. The van der Waals surface area contributed by atoms with Crippen molar-refractivity contribution in [3.8, 4) is 34.2 Å². The fourth-order valence-electron chi connectivity index (χ4n) is 4.74. The number of imidazole rings is 1. The summed E-state index contributed by atoms with van der Waals surface area (Å²) >= 11 is 6.71. The van der Waals surface area contributed by atoms with Crippen LogP contribution in [0.4, 0.5) is 0 Å². The smallest absolute Gasteiger partial charge is 0.238 e. The lowest BCUT2D eigenvalue weighted by molar-refractivity contribution is 0.396. The van der Waals surface area contributed by atoms with Gasteiger partial charge in [-0.1, -0.05) is 23.7 Å². The number of pyridine rings is 2. The molecule has 0 aliphatic carbocycles. The molecular weight excluding hydrogens is 474 g/mol. The van der Waals surface area contributed by atoms with Gasteiger partial charge in [-0.2, -0.15) is 0 Å². The minimum atomic E-state index is 0.0409. The van der Waals surface area contributed by atoms with Gasteiger partial charge in [-0.15, -0.1) is 5.10 Å². The Morgan fingerprint density at radius 2 is 2.00 bits per heavy atom. The largest absolute Gasteiger partial charge is 0.479 e. The van der Waals surface area contributed by atoms with Crippen molar-refractivity contribution in [2.75, 3.05) is 7.11 Å². The summed E-state index contributed by atoms with van der Waals surface area (Å²) in [6.07, 6.45) is 9.25. The molecule has 0 radical (unpaired) electrons. The Labute approximate surface area is 213 Å². The van der Waals surface area contributed by atoms with Gasteiger partial charge >= 0.3 is 0 Å². The molecule has 36 heavy (non-hydrogen) atoms. The van der Waals surface area contributed by atoms with E-state index in [4.69, 9.17) is 31.4 Å². The van der Waals surface area contributed by atoms with Gasteiger partial charge in [0.05, 0.1) is 19.1 Å². The molecule has 8 nitrogen and oxygen atoms in total. The molecular formula is C27H24ClN7O. The van der Waals surface area contributed by atoms with Gasteiger partial charge in [0, 0.05) is 36.1 Å². The van der Waals surface area contributed by atoms with E-state index in [1.807, 2.05) is 58.9 Å². The predicted molar refractivity (Wildman–Crippen MR) is 137 cm³/mol. The van der Waals surface area contributed by atoms with Crippen molar-refractivity contribution in [2.45, 2.75) is 32.2 Å². The van der Waals surface area contributed by atoms with Crippen molar-refractivity contribution < 1.29 is 4.74 Å². The number of nitrogens with zero attached hydrogens (tertiary/aromatic N) is 7. The van der Waals surface area contributed by atoms with Crippen LogP contribution in [0.1, 0.15) is 35.8 Å². The van der Waals surface area contributed by atoms with E-state index >= 15 is 0 Å². The zero-order valence-corrected chi connectivity index (χ0v) is 20.7. The fourth-order valence-corrected chi connectivity index (χ4v) is 4.98. The van der Waals surface area contributed by atoms with Crippen molar-refractivity contribution in [2.24, 2.45) is 0 Å². The first-order chi connectivity index (χ1) is 17.6. The number of aromatic nitrogens is 7. The van der Waals surface area contributed by atoms with E-state index in [-0.39, 0.29) is 5.92 Å². The number of benzene rings is 1. The monoisotopic (exact) mass is 497 g/mol. The number of rotatable bonds is 5. The highest BCUT2D eigenvalue weighted by atomic mass is 35.5. The number of methoxy groups -OCH3 is 1. The fraction of sp³-hybridized carbons (Fsp3) is 0.222. The average molecular weight is 498 g/mol. The van der Waals surface area contributed by atoms with E-state index in [2.05, 4.69) is 22.1 Å². The zero-order chi connectivity index (χ0) is 24.6. The Kier molecular flexibility index (Phi) is 5.73. The highest BCUT2D eigenvalue weighted by Crippen LogP contribution is 2.39. The maximum Gasteiger partial charge on any atom is 0.238 e. The molecule has 0 saturated carbocycles. The van der Waals surface area contributed by atoms with Gasteiger partial charge in [-0.25, -0.2) is 19.6 Å². The first kappa shape index (κ1) is 22.4. The van der Waals surface area contributed by atoms with Crippen molar-refractivity contribution in [3.63, 3.8) is 0 Å². The first-order valence-corrected chi connectivity index (χ1v) is 12.2. The quantitative estimate of drug-likeness (QED) is 0.319. The van der Waals surface area contributed by atoms with E-state index in [9.17, 15) is 0 Å². The minimum absolute atomic E-state index is 0.0409. The summed E-state index contributed by atoms with van der Waals surface area (Å²) in [6, 6.07) is 14.0. The number of hydrogen-bond acceptors (Lipinski definition) is 6. The topological polar surface area (TPSA) is 83.5 Å². The molecule has 0 bridgehead atoms. The molecule has 1 aliphatic heterocycles. The molecule has 0 N–H and O–H groups in total. The second-order valence-corrected chi connectivity index (χ2v) is 9.24. The van der Waals surface area contributed by atoms with Crippen LogP contribution in [-0.4, -0.2) is 41.4 Å². The van der Waals surface area contributed by atoms with Crippen molar-refractivity contribution in [1.82, 2.24) is 34.3 Å². The molecule has 6 rings (SSSR count). The van der Waals surface area contributed by atoms with Crippen LogP contribution in [0.2, 0.25) is 5.02 Å². The standard InChI is InChI=1S/C27H24ClN7O/c1-17-15-34(16-30-17)24-10-9-23(31-27(24)36-2)25-32-26-20(6-4-12-35(26)33-25)21-13-18(7-8-22(21)28)19-5-3-11-29-14-19/h3,5,7-11,13-16,20H,4,6,12H2,1-2H3/t20-/m1/s1. The van der Waals surface area contributed by atoms with E-state index in [1.165, 1.54) is 0 Å². The van der Waals surface area contributed by atoms with Crippen LogP contribution >= 0.6 is 11.6 Å². The number of fused-ring (bicyclic) bond motifs is 1. The van der Waals surface area contributed by atoms with E-state index in [0.717, 1.165) is 58.3 Å². The summed E-state index contributed by atoms with van der Waals surface area (Å²) in [6.45, 7) is 2.75. The minimum Gasteiger partial charge on any atom is -0.479 e. The van der Waals surface area contributed by atoms with E-state index < -0.39 is 0 Å². The summed E-state index contributed by atoms with van der Waals surface area (Å²) in [4.78, 5) is 18.2. The van der Waals surface area contributed by atoms with Gasteiger partial charge in [0.15, 0.2) is 5.82 Å². The Bertz CT molecular complexity index is 1540. The van der Waals surface area contributed by atoms with Crippen LogP contribution in [0.25, 0.3) is 28.3 Å². The Hall–Kier alpha value is -4.04. The first-order valence-electron chi connectivity index (χ1n) is 11.8. The van der Waals surface area contributed by atoms with Crippen molar-refractivity contribution in [3.05, 3.63) is 89.5 Å². The Balaban J connectivity index is 1.38. The van der Waals surface area contributed by atoms with Crippen LogP contribution in [0, 0.1) is 6.92 Å². The van der Waals surface area contributed by atoms with Gasteiger partial charge in [-0.3, -0.25) is 4.98 Å². The van der Waals surface area contributed by atoms with Gasteiger partial charge in [0.2, 0.25) is 5.88 Å². The molecule has 9 heteroatoms. The number of hydrogen-bond donors (Lipinski definition) is 0. The number of ether oxygens (including phenoxy) is 1. The van der Waals surface area contributed by atoms with Gasteiger partial charge < -0.3 is 9.30 Å². The summed E-state index contributed by atoms with van der Waals surface area (Å²) in [5.41, 5.74) is 5.57. The zero-order valence-electron chi connectivity index (χ0n) is 20.0. The highest BCUT2D eigenvalue weighted by molar-refractivity contribution is 6.31. The Morgan fingerprint density at radius 1 is 1.08 bits per heavy atom. The van der Waals surface area contributed by atoms with E-state index in [1.54, 1.807) is 19.6 Å². The predicted octanol–water partition coefficient (Wildman–Crippen LogP) is 5.48. The van der Waals surface area contributed by atoms with Crippen LogP contribution in [0.5, 0.6) is 5.88 Å². The van der Waals surface area contributed by atoms with Crippen LogP contribution in [-0.2, 0) is 6.54 Å². The Morgan fingerprint density at radius 3 is 2.78 bits per heavy atom. The average Bonchev–Trinajstić information content (AvgIpc) is 3.55. The molecule has 0 amide bonds. The van der Waals surface area contributed by atoms with Crippen LogP contribution in [0.15, 0.2) is 67.4 Å². The van der Waals surface area contributed by atoms with Gasteiger partial charge in [0.25, 0.3) is 0 Å². The van der Waals surface area contributed by atoms with Crippen LogP contribution in [0.3, 0.4) is 0 Å². The summed E-state index contributed by atoms with van der Waals surface area (Å²) in [5, 5.41) is 5.53. The molecule has 5 aromatic rings. The van der Waals surface area contributed by atoms with E-state index in [0.29, 0.717) is 17.4 Å². The number of halogens is 1. The van der Waals surface area contributed by atoms with Crippen LogP contribution < -0.4 is 4.74 Å². The summed E-state index contributed by atoms with van der Waals surface area (Å²) in [5.74, 6) is 2.00. The SMILES string of the molecule is COc1nc(-c2nc3n(n2)CCC[C@@H]3c2cc(-c3cccnc3)ccc2Cl)ccc1-n1cnc(C)c1. The normalized spacial score (nSPS) is 15.0. The second-order valence-electron chi connectivity index (χ2n) is 8.84. The lowest BCUT2D eigenvalue weighted by Gasteiger charge is -2.23. The molecule has 0 saturated heterocycles. The molecule has 1 aromatic carbocycles. The van der Waals surface area contributed by atoms with Crippen molar-refractivity contribution >= 4 is 11.6 Å². The maximum absolute atomic E-state index is 6.71. The molecule has 0 unspecified atom stereocenters. The molecule has 0 fully saturated rings. The third kappa shape index (κ3) is 4.03. The third-order valence-corrected chi connectivity index (χ3v) is 6.84. The molecule has 0 spiro atoms. The second kappa shape index (κ2) is 9.20. The molecule has 1 aliphatic rings. The lowest BCUT2D eigenvalue weighted by atomic mass is 9.89. The van der Waals surface area contributed by atoms with Gasteiger partial charge in [-0.05, 0) is 66.8 Å². The van der Waals surface area contributed by atoms with Crippen molar-refractivity contribution in [1.29, 1.82) is 0 Å². The number of aryl methyl sites for hydroxylation is 2. The van der Waals surface area contributed by atoms with Gasteiger partial charge in [0.1, 0.15) is 17.2 Å². The molecule has 180 valence electrons. The maximum atomic E-state index is 6.71. The highest BCUT2D eigenvalue weighted by Gasteiger charge is 2.28.